The first kappa shape index (κ1) is 14.7. The van der Waals surface area contributed by atoms with Crippen LogP contribution in [0.1, 0.15) is 32.4 Å². The maximum Gasteiger partial charge on any atom is 0.311 e. The van der Waals surface area contributed by atoms with Crippen LogP contribution in [-0.4, -0.2) is 25.7 Å². The molecule has 1 aliphatic heterocycles. The zero-order chi connectivity index (χ0) is 14.8. The average molecular weight is 279 g/mol. The van der Waals surface area contributed by atoms with Gasteiger partial charge in [-0.3, -0.25) is 4.79 Å². The number of carbonyl (C=O) groups is 1. The minimum Gasteiger partial charge on any atom is -0.486 e. The van der Waals surface area contributed by atoms with Crippen molar-refractivity contribution in [3.63, 3.8) is 0 Å². The van der Waals surface area contributed by atoms with Crippen LogP contribution in [0, 0.1) is 5.41 Å². The van der Waals surface area contributed by atoms with Gasteiger partial charge < -0.3 is 19.9 Å². The van der Waals surface area contributed by atoms with E-state index in [2.05, 4.69) is 0 Å². The number of rotatable bonds is 3. The largest absolute Gasteiger partial charge is 0.486 e. The van der Waals surface area contributed by atoms with Crippen molar-refractivity contribution >= 4 is 5.97 Å². The third kappa shape index (κ3) is 3.22. The van der Waals surface area contributed by atoms with Crippen LogP contribution >= 0.6 is 0 Å². The minimum absolute atomic E-state index is 0.224. The average Bonchev–Trinajstić information content (AvgIpc) is 2.43. The summed E-state index contributed by atoms with van der Waals surface area (Å²) in [5.41, 5.74) is 5.98. The maximum atomic E-state index is 12.0. The lowest BCUT2D eigenvalue weighted by Gasteiger charge is -2.24. The monoisotopic (exact) mass is 279 g/mol. The highest BCUT2D eigenvalue weighted by Gasteiger charge is 2.27. The summed E-state index contributed by atoms with van der Waals surface area (Å²) in [4.78, 5) is 12.0. The molecule has 0 aromatic heterocycles. The van der Waals surface area contributed by atoms with E-state index >= 15 is 0 Å². The molecule has 0 saturated heterocycles. The molecule has 0 radical (unpaired) electrons. The van der Waals surface area contributed by atoms with E-state index < -0.39 is 11.5 Å². The summed E-state index contributed by atoms with van der Waals surface area (Å²) in [5.74, 6) is 1.10. The molecule has 5 nitrogen and oxygen atoms in total. The Kier molecular flexibility index (Phi) is 4.18. The van der Waals surface area contributed by atoms with Crippen molar-refractivity contribution in [2.45, 2.75) is 26.9 Å². The Morgan fingerprint density at radius 1 is 1.30 bits per heavy atom. The van der Waals surface area contributed by atoms with Gasteiger partial charge in [0.05, 0.1) is 5.41 Å². The van der Waals surface area contributed by atoms with Gasteiger partial charge in [0.25, 0.3) is 0 Å². The van der Waals surface area contributed by atoms with Crippen molar-refractivity contribution < 1.29 is 19.0 Å². The molecule has 0 fully saturated rings. The third-order valence-electron chi connectivity index (χ3n) is 3.01. The molecule has 1 aromatic carbocycles. The van der Waals surface area contributed by atoms with Gasteiger partial charge in [-0.2, -0.15) is 0 Å². The first-order chi connectivity index (χ1) is 9.41. The van der Waals surface area contributed by atoms with Crippen molar-refractivity contribution in [1.29, 1.82) is 0 Å². The second kappa shape index (κ2) is 5.71. The number of hydrogen-bond acceptors (Lipinski definition) is 5. The Morgan fingerprint density at radius 2 is 1.95 bits per heavy atom. The van der Waals surface area contributed by atoms with E-state index in [0.717, 1.165) is 5.56 Å². The van der Waals surface area contributed by atoms with Crippen LogP contribution in [-0.2, 0) is 9.53 Å². The smallest absolute Gasteiger partial charge is 0.311 e. The van der Waals surface area contributed by atoms with E-state index in [4.69, 9.17) is 19.9 Å². The molecule has 0 spiro atoms. The molecular weight excluding hydrogens is 258 g/mol. The normalized spacial score (nSPS) is 15.6. The maximum absolute atomic E-state index is 12.0. The number of ether oxygens (including phenoxy) is 3. The van der Waals surface area contributed by atoms with Gasteiger partial charge in [0.2, 0.25) is 0 Å². The van der Waals surface area contributed by atoms with E-state index in [1.54, 1.807) is 0 Å². The first-order valence-electron chi connectivity index (χ1n) is 6.72. The van der Waals surface area contributed by atoms with Crippen molar-refractivity contribution in [3.8, 4) is 11.5 Å². The van der Waals surface area contributed by atoms with Gasteiger partial charge >= 0.3 is 5.97 Å². The van der Waals surface area contributed by atoms with Gasteiger partial charge in [-0.15, -0.1) is 0 Å². The van der Waals surface area contributed by atoms with Crippen LogP contribution in [0.4, 0.5) is 0 Å². The van der Waals surface area contributed by atoms with Crippen molar-refractivity contribution in [2.24, 2.45) is 11.1 Å². The van der Waals surface area contributed by atoms with Crippen LogP contribution < -0.4 is 15.2 Å². The Labute approximate surface area is 119 Å². The Morgan fingerprint density at radius 3 is 2.55 bits per heavy atom. The summed E-state index contributed by atoms with van der Waals surface area (Å²) in [5, 5.41) is 0. The Hall–Kier alpha value is -1.75. The van der Waals surface area contributed by atoms with E-state index in [0.29, 0.717) is 24.7 Å². The van der Waals surface area contributed by atoms with Crippen molar-refractivity contribution in [2.75, 3.05) is 19.8 Å². The van der Waals surface area contributed by atoms with E-state index in [1.807, 2.05) is 39.0 Å². The van der Waals surface area contributed by atoms with Gasteiger partial charge in [0, 0.05) is 6.54 Å². The summed E-state index contributed by atoms with van der Waals surface area (Å²) < 4.78 is 16.5. The highest BCUT2D eigenvalue weighted by atomic mass is 16.6. The number of nitrogens with two attached hydrogens (primary N) is 1. The predicted molar refractivity (Wildman–Crippen MR) is 74.8 cm³/mol. The lowest BCUT2D eigenvalue weighted by atomic mass is 9.97. The highest BCUT2D eigenvalue weighted by molar-refractivity contribution is 5.75. The molecule has 1 aromatic rings. The number of hydrogen-bond donors (Lipinski definition) is 1. The second-order valence-corrected chi connectivity index (χ2v) is 5.78. The zero-order valence-corrected chi connectivity index (χ0v) is 12.1. The molecule has 110 valence electrons. The van der Waals surface area contributed by atoms with Gasteiger partial charge in [0.15, 0.2) is 11.5 Å². The van der Waals surface area contributed by atoms with E-state index in [1.165, 1.54) is 0 Å². The van der Waals surface area contributed by atoms with Crippen LogP contribution in [0.5, 0.6) is 11.5 Å². The van der Waals surface area contributed by atoms with E-state index in [9.17, 15) is 4.79 Å². The van der Waals surface area contributed by atoms with Gasteiger partial charge in [-0.1, -0.05) is 6.07 Å². The fourth-order valence-electron chi connectivity index (χ4n) is 1.82. The van der Waals surface area contributed by atoms with Crippen molar-refractivity contribution in [3.05, 3.63) is 23.8 Å². The van der Waals surface area contributed by atoms with Crippen LogP contribution in [0.2, 0.25) is 0 Å². The predicted octanol–water partition coefficient (Wildman–Crippen LogP) is 2.05. The van der Waals surface area contributed by atoms with Crippen LogP contribution in [0.3, 0.4) is 0 Å². The van der Waals surface area contributed by atoms with Crippen LogP contribution in [0.15, 0.2) is 18.2 Å². The topological polar surface area (TPSA) is 70.8 Å². The quantitative estimate of drug-likeness (QED) is 0.857. The number of fused-ring (bicyclic) bond motifs is 1. The second-order valence-electron chi connectivity index (χ2n) is 5.78. The molecular formula is C15H21NO4. The molecule has 0 aliphatic carbocycles. The van der Waals surface area contributed by atoms with Gasteiger partial charge in [0.1, 0.15) is 19.3 Å². The Bertz CT molecular complexity index is 493. The molecule has 1 unspecified atom stereocenters. The fraction of sp³-hybridized carbons (Fsp3) is 0.533. The highest BCUT2D eigenvalue weighted by Crippen LogP contribution is 2.33. The number of carbonyl (C=O) groups excluding carboxylic acids is 1. The fourth-order valence-corrected chi connectivity index (χ4v) is 1.82. The lowest BCUT2D eigenvalue weighted by Crippen LogP contribution is -2.28. The molecule has 2 N–H and O–H groups in total. The zero-order valence-electron chi connectivity index (χ0n) is 12.1. The summed E-state index contributed by atoms with van der Waals surface area (Å²) >= 11 is 0. The van der Waals surface area contributed by atoms with Gasteiger partial charge in [-0.05, 0) is 38.5 Å². The SMILES string of the molecule is CC(C)(C)C(=O)OC(CN)c1ccc2c(c1)OCCO2. The molecule has 1 aliphatic rings. The van der Waals surface area contributed by atoms with Gasteiger partial charge in [-0.25, -0.2) is 0 Å². The number of benzene rings is 1. The summed E-state index contributed by atoms with van der Waals surface area (Å²) in [6.45, 7) is 6.73. The third-order valence-corrected chi connectivity index (χ3v) is 3.01. The standard InChI is InChI=1S/C15H21NO4/c1-15(2,3)14(17)20-13(9-16)10-4-5-11-12(8-10)19-7-6-18-11/h4-5,8,13H,6-7,9,16H2,1-3H3. The molecule has 0 bridgehead atoms. The molecule has 5 heteroatoms. The summed E-state index contributed by atoms with van der Waals surface area (Å²) in [7, 11) is 0. The molecule has 2 rings (SSSR count). The molecule has 1 heterocycles. The molecule has 0 saturated carbocycles. The lowest BCUT2D eigenvalue weighted by molar-refractivity contribution is -0.158. The Balaban J connectivity index is 2.17. The van der Waals surface area contributed by atoms with Crippen LogP contribution in [0.25, 0.3) is 0 Å². The molecule has 20 heavy (non-hydrogen) atoms. The first-order valence-corrected chi connectivity index (χ1v) is 6.72. The number of esters is 1. The summed E-state index contributed by atoms with van der Waals surface area (Å²) in [6.07, 6.45) is -0.474. The van der Waals surface area contributed by atoms with E-state index in [-0.39, 0.29) is 12.5 Å². The minimum atomic E-state index is -0.554. The molecule has 0 amide bonds. The molecule has 1 atom stereocenters. The summed E-state index contributed by atoms with van der Waals surface area (Å²) in [6, 6.07) is 5.49. The van der Waals surface area contributed by atoms with Crippen molar-refractivity contribution in [1.82, 2.24) is 0 Å².